The van der Waals surface area contributed by atoms with E-state index in [1.54, 1.807) is 6.82 Å². The van der Waals surface area contributed by atoms with Crippen LogP contribution in [0.1, 0.15) is 32.1 Å². The number of carboxylic acid groups (broad SMARTS) is 1. The van der Waals surface area contributed by atoms with Crippen molar-refractivity contribution in [1.82, 2.24) is 0 Å². The number of aliphatic hydroxyl groups excluding tert-OH is 1. The van der Waals surface area contributed by atoms with E-state index in [4.69, 9.17) is 26.3 Å². The van der Waals surface area contributed by atoms with Crippen molar-refractivity contribution in [2.75, 3.05) is 6.61 Å². The topological polar surface area (TPSA) is 76.0 Å². The Bertz CT molecular complexity index is 399. The number of hydrogen-bond donors (Lipinski definition) is 2. The first kappa shape index (κ1) is 17.7. The van der Waals surface area contributed by atoms with E-state index in [0.717, 1.165) is 18.4 Å². The Kier molecular flexibility index (Phi) is 8.49. The van der Waals surface area contributed by atoms with Gasteiger partial charge in [0.05, 0.1) is 0 Å². The van der Waals surface area contributed by atoms with Gasteiger partial charge in [-0.15, -0.1) is 0 Å². The molecular weight excluding hydrogens is 298 g/mol. The molecule has 1 saturated heterocycles. The van der Waals surface area contributed by atoms with Gasteiger partial charge in [0, 0.05) is 0 Å². The Hall–Kier alpha value is -0.325. The maximum absolute atomic E-state index is 10.5. The molecule has 1 aliphatic rings. The first-order valence-corrected chi connectivity index (χ1v) is 8.75. The van der Waals surface area contributed by atoms with Crippen molar-refractivity contribution in [1.29, 1.82) is 0 Å². The van der Waals surface area contributed by atoms with Crippen LogP contribution in [-0.2, 0) is 26.0 Å². The normalized spacial score (nSPS) is 24.4. The van der Waals surface area contributed by atoms with E-state index >= 15 is 0 Å². The summed E-state index contributed by atoms with van der Waals surface area (Å²) >= 11 is 4.77. The summed E-state index contributed by atoms with van der Waals surface area (Å²) in [4.78, 5) is 10.5. The average molecular weight is 318 g/mol. The molecule has 4 atom stereocenters. The van der Waals surface area contributed by atoms with Crippen LogP contribution < -0.4 is 0 Å². The quantitative estimate of drug-likeness (QED) is 0.305. The molecule has 0 aromatic rings. The van der Waals surface area contributed by atoms with Crippen molar-refractivity contribution in [2.24, 2.45) is 0 Å². The van der Waals surface area contributed by atoms with Crippen molar-refractivity contribution < 1.29 is 24.4 Å². The van der Waals surface area contributed by atoms with Gasteiger partial charge in [0.25, 0.3) is 0 Å². The third-order valence-corrected chi connectivity index (χ3v) is 3.60. The predicted molar refractivity (Wildman–Crippen MR) is 81.9 cm³/mol. The van der Waals surface area contributed by atoms with Gasteiger partial charge in [-0.3, -0.25) is 0 Å². The van der Waals surface area contributed by atoms with Crippen LogP contribution in [0.5, 0.6) is 0 Å². The van der Waals surface area contributed by atoms with Crippen LogP contribution in [0.2, 0.25) is 0 Å². The number of carboxylic acids is 1. The molecule has 1 heterocycles. The molecule has 8 heteroatoms. The second-order valence-electron chi connectivity index (χ2n) is 4.92. The SMILES string of the molecule is C=C1C[C@H](C[C@@H](O)CC(=O)O)O[C@@H](CCOB=[PH]=S)C1. The van der Waals surface area contributed by atoms with E-state index in [0.29, 0.717) is 19.4 Å². The summed E-state index contributed by atoms with van der Waals surface area (Å²) in [6, 6.07) is 0. The fourth-order valence-corrected chi connectivity index (χ4v) is 2.68. The number of hydrogen-bond acceptors (Lipinski definition) is 5. The van der Waals surface area contributed by atoms with Gasteiger partial charge >= 0.3 is 125 Å². The van der Waals surface area contributed by atoms with E-state index in [-0.39, 0.29) is 25.5 Å². The second-order valence-corrected chi connectivity index (χ2v) is 6.10. The fourth-order valence-electron chi connectivity index (χ4n) is 2.29. The molecule has 0 amide bonds. The van der Waals surface area contributed by atoms with Gasteiger partial charge in [-0.2, -0.15) is 0 Å². The molecule has 1 fully saturated rings. The summed E-state index contributed by atoms with van der Waals surface area (Å²) < 4.78 is 11.1. The molecule has 0 bridgehead atoms. The second kappa shape index (κ2) is 9.58. The number of aliphatic hydroxyl groups is 1. The number of ether oxygens (including phenoxy) is 1. The van der Waals surface area contributed by atoms with Gasteiger partial charge in [-0.1, -0.05) is 0 Å². The van der Waals surface area contributed by atoms with Crippen LogP contribution in [0.4, 0.5) is 0 Å². The summed E-state index contributed by atoms with van der Waals surface area (Å²) in [6.07, 6.45) is 1.23. The first-order valence-electron chi connectivity index (χ1n) is 6.54. The Morgan fingerprint density at radius 1 is 1.60 bits per heavy atom. The summed E-state index contributed by atoms with van der Waals surface area (Å²) in [5.41, 5.74) is 1.07. The minimum atomic E-state index is -1.00. The molecule has 2 N–H and O–H groups in total. The first-order chi connectivity index (χ1) is 9.51. The van der Waals surface area contributed by atoms with Crippen LogP contribution in [0.25, 0.3) is 0 Å². The van der Waals surface area contributed by atoms with Gasteiger partial charge in [-0.05, 0) is 0 Å². The summed E-state index contributed by atoms with van der Waals surface area (Å²) in [7, 11) is 0. The van der Waals surface area contributed by atoms with Gasteiger partial charge in [-0.25, -0.2) is 0 Å². The van der Waals surface area contributed by atoms with E-state index < -0.39 is 12.1 Å². The molecule has 112 valence electrons. The third kappa shape index (κ3) is 7.46. The van der Waals surface area contributed by atoms with Crippen molar-refractivity contribution in [3.8, 4) is 0 Å². The van der Waals surface area contributed by atoms with Crippen molar-refractivity contribution in [2.45, 2.75) is 50.4 Å². The predicted octanol–water partition coefficient (Wildman–Crippen LogP) is 1.40. The molecule has 0 radical (unpaired) electrons. The molecule has 1 unspecified atom stereocenters. The third-order valence-electron chi connectivity index (χ3n) is 3.05. The van der Waals surface area contributed by atoms with Gasteiger partial charge in [0.2, 0.25) is 0 Å². The molecular formula is C12H20BO5PS. The van der Waals surface area contributed by atoms with Gasteiger partial charge in [0.1, 0.15) is 0 Å². The number of aliphatic carboxylic acids is 1. The number of carbonyl (C=O) groups is 1. The van der Waals surface area contributed by atoms with E-state index in [1.807, 2.05) is 0 Å². The average Bonchev–Trinajstić information content (AvgIpc) is 2.32. The fraction of sp³-hybridized carbons (Fsp3) is 0.750. The van der Waals surface area contributed by atoms with Crippen molar-refractivity contribution in [3.05, 3.63) is 12.2 Å². The summed E-state index contributed by atoms with van der Waals surface area (Å²) in [5, 5.41) is 18.3. The Labute approximate surface area is 125 Å². The van der Waals surface area contributed by atoms with E-state index in [9.17, 15) is 9.90 Å². The molecule has 0 spiro atoms. The summed E-state index contributed by atoms with van der Waals surface area (Å²) in [6.45, 7) is 6.40. The zero-order valence-corrected chi connectivity index (χ0v) is 13.1. The van der Waals surface area contributed by atoms with Gasteiger partial charge in [0.15, 0.2) is 0 Å². The molecule has 5 nitrogen and oxygen atoms in total. The van der Waals surface area contributed by atoms with Crippen LogP contribution in [-0.4, -0.2) is 47.9 Å². The zero-order chi connectivity index (χ0) is 15.0. The van der Waals surface area contributed by atoms with Crippen LogP contribution in [0.3, 0.4) is 0 Å². The number of rotatable bonds is 8. The minimum absolute atomic E-state index is 0.0140. The molecule has 1 aliphatic heterocycles. The van der Waals surface area contributed by atoms with E-state index in [2.05, 4.69) is 6.58 Å². The standard InChI is InChI=1S/C12H20BO5PS/c1-8-4-10(2-3-17-13-19-20)18-11(5-8)6-9(14)7-12(15)16/h9-11,14,19H,1-7H2,(H,15,16)/t9-,10+,11-/m1/s1. The molecule has 0 aliphatic carbocycles. The van der Waals surface area contributed by atoms with Crippen LogP contribution in [0, 0.1) is 0 Å². The Balaban J connectivity index is 2.38. The van der Waals surface area contributed by atoms with Crippen molar-refractivity contribution >= 4 is 31.4 Å². The van der Waals surface area contributed by atoms with Crippen molar-refractivity contribution in [3.63, 3.8) is 0 Å². The van der Waals surface area contributed by atoms with E-state index in [1.165, 1.54) is 0 Å². The maximum atomic E-state index is 10.5. The molecule has 0 aromatic heterocycles. The van der Waals surface area contributed by atoms with Crippen LogP contribution >= 0.6 is 6.85 Å². The Morgan fingerprint density at radius 3 is 2.95 bits per heavy atom. The van der Waals surface area contributed by atoms with Crippen LogP contribution in [0.15, 0.2) is 12.2 Å². The molecule has 0 saturated carbocycles. The molecule has 1 rings (SSSR count). The van der Waals surface area contributed by atoms with Gasteiger partial charge < -0.3 is 0 Å². The molecule has 20 heavy (non-hydrogen) atoms. The summed E-state index contributed by atoms with van der Waals surface area (Å²) in [5.74, 6) is -1.00. The zero-order valence-electron chi connectivity index (χ0n) is 11.3. The Morgan fingerprint density at radius 2 is 2.30 bits per heavy atom. The molecule has 0 aromatic carbocycles. The monoisotopic (exact) mass is 318 g/mol.